The van der Waals surface area contributed by atoms with E-state index in [4.69, 9.17) is 9.15 Å². The lowest BCUT2D eigenvalue weighted by Gasteiger charge is -2.06. The Hall–Kier alpha value is -0.280. The summed E-state index contributed by atoms with van der Waals surface area (Å²) >= 11 is 3.64. The summed E-state index contributed by atoms with van der Waals surface area (Å²) in [5.41, 5.74) is 1.24. The SMILES string of the molecule is Brc1c(C2CCCC2)oc2c1COC2. The maximum Gasteiger partial charge on any atom is 0.136 e. The highest BCUT2D eigenvalue weighted by molar-refractivity contribution is 9.10. The molecule has 3 heteroatoms. The van der Waals surface area contributed by atoms with E-state index in [1.807, 2.05) is 0 Å². The van der Waals surface area contributed by atoms with Crippen LogP contribution in [0, 0.1) is 0 Å². The first-order valence-electron chi connectivity index (χ1n) is 5.24. The van der Waals surface area contributed by atoms with Crippen LogP contribution < -0.4 is 0 Å². The van der Waals surface area contributed by atoms with Crippen molar-refractivity contribution >= 4 is 15.9 Å². The zero-order valence-electron chi connectivity index (χ0n) is 8.01. The van der Waals surface area contributed by atoms with Crippen LogP contribution in [0.2, 0.25) is 0 Å². The number of hydrogen-bond donors (Lipinski definition) is 0. The summed E-state index contributed by atoms with van der Waals surface area (Å²) in [6, 6.07) is 0. The zero-order valence-corrected chi connectivity index (χ0v) is 9.60. The first kappa shape index (κ1) is 8.98. The Labute approximate surface area is 91.7 Å². The lowest BCUT2D eigenvalue weighted by Crippen LogP contribution is -1.91. The normalized spacial score (nSPS) is 21.8. The van der Waals surface area contributed by atoms with Crippen molar-refractivity contribution in [3.8, 4) is 0 Å². The van der Waals surface area contributed by atoms with E-state index in [0.29, 0.717) is 19.1 Å². The maximum absolute atomic E-state index is 5.87. The second kappa shape index (κ2) is 3.38. The van der Waals surface area contributed by atoms with Gasteiger partial charge in [0, 0.05) is 11.5 Å². The van der Waals surface area contributed by atoms with Crippen molar-refractivity contribution in [1.82, 2.24) is 0 Å². The van der Waals surface area contributed by atoms with E-state index in [-0.39, 0.29) is 0 Å². The zero-order chi connectivity index (χ0) is 9.54. The second-order valence-corrected chi connectivity index (χ2v) is 4.95. The lowest BCUT2D eigenvalue weighted by atomic mass is 10.1. The van der Waals surface area contributed by atoms with Gasteiger partial charge in [0.2, 0.25) is 0 Å². The van der Waals surface area contributed by atoms with Crippen molar-refractivity contribution in [3.63, 3.8) is 0 Å². The van der Waals surface area contributed by atoms with Crippen molar-refractivity contribution in [2.75, 3.05) is 0 Å². The molecule has 1 aromatic rings. The molecule has 1 aliphatic carbocycles. The maximum atomic E-state index is 5.87. The minimum Gasteiger partial charge on any atom is -0.462 e. The summed E-state index contributed by atoms with van der Waals surface area (Å²) < 4.78 is 12.4. The van der Waals surface area contributed by atoms with Crippen LogP contribution in [0.5, 0.6) is 0 Å². The van der Waals surface area contributed by atoms with Crippen LogP contribution in [0.4, 0.5) is 0 Å². The highest BCUT2D eigenvalue weighted by Crippen LogP contribution is 2.43. The Morgan fingerprint density at radius 3 is 2.64 bits per heavy atom. The first-order valence-corrected chi connectivity index (χ1v) is 6.03. The molecule has 1 aliphatic heterocycles. The fourth-order valence-electron chi connectivity index (χ4n) is 2.47. The molecule has 76 valence electrons. The van der Waals surface area contributed by atoms with Crippen LogP contribution in [0.25, 0.3) is 0 Å². The molecule has 0 N–H and O–H groups in total. The van der Waals surface area contributed by atoms with E-state index < -0.39 is 0 Å². The van der Waals surface area contributed by atoms with Crippen LogP contribution in [-0.2, 0) is 18.0 Å². The molecular weight excluding hydrogens is 244 g/mol. The third-order valence-electron chi connectivity index (χ3n) is 3.26. The van der Waals surface area contributed by atoms with Crippen LogP contribution in [0.15, 0.2) is 8.89 Å². The molecule has 1 fully saturated rings. The monoisotopic (exact) mass is 256 g/mol. The van der Waals surface area contributed by atoms with Gasteiger partial charge in [0.25, 0.3) is 0 Å². The molecule has 2 nitrogen and oxygen atoms in total. The number of hydrogen-bond acceptors (Lipinski definition) is 2. The van der Waals surface area contributed by atoms with E-state index in [2.05, 4.69) is 15.9 Å². The van der Waals surface area contributed by atoms with Gasteiger partial charge >= 0.3 is 0 Å². The Morgan fingerprint density at radius 2 is 1.93 bits per heavy atom. The fraction of sp³-hybridized carbons (Fsp3) is 0.636. The van der Waals surface area contributed by atoms with Crippen molar-refractivity contribution in [3.05, 3.63) is 21.6 Å². The van der Waals surface area contributed by atoms with Gasteiger partial charge in [-0.1, -0.05) is 12.8 Å². The van der Waals surface area contributed by atoms with E-state index >= 15 is 0 Å². The van der Waals surface area contributed by atoms with Crippen LogP contribution in [0.1, 0.15) is 48.7 Å². The predicted molar refractivity (Wildman–Crippen MR) is 56.1 cm³/mol. The molecule has 2 heterocycles. The summed E-state index contributed by atoms with van der Waals surface area (Å²) in [5.74, 6) is 2.87. The third-order valence-corrected chi connectivity index (χ3v) is 4.13. The van der Waals surface area contributed by atoms with Gasteiger partial charge in [-0.25, -0.2) is 0 Å². The molecular formula is C11H13BrO2. The van der Waals surface area contributed by atoms with Crippen molar-refractivity contribution in [2.24, 2.45) is 0 Å². The minimum atomic E-state index is 0.648. The van der Waals surface area contributed by atoms with Gasteiger partial charge in [0.05, 0.1) is 11.1 Å². The molecule has 0 saturated heterocycles. The van der Waals surface area contributed by atoms with E-state index in [1.54, 1.807) is 0 Å². The highest BCUT2D eigenvalue weighted by atomic mass is 79.9. The summed E-state index contributed by atoms with van der Waals surface area (Å²) in [7, 11) is 0. The van der Waals surface area contributed by atoms with Crippen molar-refractivity contribution < 1.29 is 9.15 Å². The highest BCUT2D eigenvalue weighted by Gasteiger charge is 2.29. The molecule has 14 heavy (non-hydrogen) atoms. The van der Waals surface area contributed by atoms with Crippen molar-refractivity contribution in [1.29, 1.82) is 0 Å². The van der Waals surface area contributed by atoms with Crippen LogP contribution in [-0.4, -0.2) is 0 Å². The first-order chi connectivity index (χ1) is 6.86. The molecule has 3 rings (SSSR count). The van der Waals surface area contributed by atoms with Gasteiger partial charge in [-0.05, 0) is 28.8 Å². The molecule has 1 aromatic heterocycles. The van der Waals surface area contributed by atoms with E-state index in [9.17, 15) is 0 Å². The predicted octanol–water partition coefficient (Wildman–Crippen LogP) is 3.73. The summed E-state index contributed by atoms with van der Waals surface area (Å²) in [6.45, 7) is 1.37. The quantitative estimate of drug-likeness (QED) is 0.764. The summed E-state index contributed by atoms with van der Waals surface area (Å²) in [4.78, 5) is 0. The average molecular weight is 257 g/mol. The van der Waals surface area contributed by atoms with Crippen LogP contribution in [0.3, 0.4) is 0 Å². The number of fused-ring (bicyclic) bond motifs is 1. The molecule has 0 radical (unpaired) electrons. The van der Waals surface area contributed by atoms with Gasteiger partial charge in [0.1, 0.15) is 18.1 Å². The Balaban J connectivity index is 1.98. The molecule has 0 unspecified atom stereocenters. The number of rotatable bonds is 1. The van der Waals surface area contributed by atoms with Gasteiger partial charge in [-0.3, -0.25) is 0 Å². The fourth-order valence-corrected chi connectivity index (χ4v) is 3.21. The molecule has 0 amide bonds. The second-order valence-electron chi connectivity index (χ2n) is 4.16. The summed E-state index contributed by atoms with van der Waals surface area (Å²) in [5, 5.41) is 0. The number of halogens is 1. The average Bonchev–Trinajstić information content (AvgIpc) is 2.84. The minimum absolute atomic E-state index is 0.648. The topological polar surface area (TPSA) is 22.4 Å². The van der Waals surface area contributed by atoms with E-state index in [0.717, 1.165) is 5.76 Å². The smallest absolute Gasteiger partial charge is 0.136 e. The standard InChI is InChI=1S/C11H13BrO2/c12-10-8-5-13-6-9(8)14-11(10)7-3-1-2-4-7/h7H,1-6H2. The Morgan fingerprint density at radius 1 is 1.14 bits per heavy atom. The van der Waals surface area contributed by atoms with Gasteiger partial charge in [0.15, 0.2) is 0 Å². The van der Waals surface area contributed by atoms with Crippen molar-refractivity contribution in [2.45, 2.75) is 44.8 Å². The molecule has 0 atom stereocenters. The third kappa shape index (κ3) is 1.26. The molecule has 0 aromatic carbocycles. The Kier molecular flexibility index (Phi) is 2.17. The number of ether oxygens (including phenoxy) is 1. The molecule has 1 saturated carbocycles. The largest absolute Gasteiger partial charge is 0.462 e. The van der Waals surface area contributed by atoms with Gasteiger partial charge in [-0.2, -0.15) is 0 Å². The van der Waals surface area contributed by atoms with Crippen LogP contribution >= 0.6 is 15.9 Å². The van der Waals surface area contributed by atoms with Gasteiger partial charge in [-0.15, -0.1) is 0 Å². The molecule has 2 aliphatic rings. The molecule has 0 spiro atoms. The summed E-state index contributed by atoms with van der Waals surface area (Å²) in [6.07, 6.45) is 5.26. The van der Waals surface area contributed by atoms with E-state index in [1.165, 1.54) is 41.5 Å². The number of furan rings is 1. The lowest BCUT2D eigenvalue weighted by molar-refractivity contribution is 0.122. The Bertz CT molecular complexity index is 350. The molecule has 0 bridgehead atoms. The van der Waals surface area contributed by atoms with Gasteiger partial charge < -0.3 is 9.15 Å².